The summed E-state index contributed by atoms with van der Waals surface area (Å²) in [5.74, 6) is 1.22. The predicted octanol–water partition coefficient (Wildman–Crippen LogP) is 14.8. The third kappa shape index (κ3) is 8.96. The van der Waals surface area contributed by atoms with Crippen LogP contribution in [0.1, 0.15) is 155 Å². The molecule has 0 bridgehead atoms. The summed E-state index contributed by atoms with van der Waals surface area (Å²) in [7, 11) is 4.49. The molecule has 5 aromatic rings. The van der Waals surface area contributed by atoms with Crippen LogP contribution in [0.4, 0.5) is 0 Å². The second-order valence-electron chi connectivity index (χ2n) is 17.8. The fourth-order valence-corrected chi connectivity index (χ4v) is 11.3. The largest absolute Gasteiger partial charge is 0.512 e. The number of carbonyl (C=O) groups is 1. The van der Waals surface area contributed by atoms with E-state index < -0.39 is 0 Å². The number of ketones is 1. The summed E-state index contributed by atoms with van der Waals surface area (Å²) in [6, 6.07) is 20.5. The Morgan fingerprint density at radius 2 is 1.43 bits per heavy atom. The van der Waals surface area contributed by atoms with Crippen LogP contribution in [0.3, 0.4) is 0 Å². The molecule has 2 aromatic heterocycles. The molecule has 1 radical (unpaired) electrons. The molecule has 3 nitrogen and oxygen atoms in total. The number of rotatable bonds is 9. The van der Waals surface area contributed by atoms with Gasteiger partial charge in [-0.2, -0.15) is 12.5 Å². The first-order chi connectivity index (χ1) is 26.4. The Morgan fingerprint density at radius 1 is 0.839 bits per heavy atom. The molecule has 7 rings (SSSR count). The van der Waals surface area contributed by atoms with Crippen molar-refractivity contribution in [2.24, 2.45) is 17.3 Å². The van der Waals surface area contributed by atoms with Crippen LogP contribution >= 0.6 is 11.3 Å². The van der Waals surface area contributed by atoms with Gasteiger partial charge in [-0.1, -0.05) is 115 Å². The molecule has 0 unspecified atom stereocenters. The smallest absolute Gasteiger partial charge is 0.162 e. The van der Waals surface area contributed by atoms with Crippen molar-refractivity contribution in [1.29, 1.82) is 0 Å². The fraction of sp³-hybridized carbons (Fsp3) is 0.490. The molecular weight excluding hydrogens is 883 g/mol. The zero-order chi connectivity index (χ0) is 39.5. The maximum absolute atomic E-state index is 11.7. The first kappa shape index (κ1) is 44.0. The van der Waals surface area contributed by atoms with Gasteiger partial charge in [0.25, 0.3) is 0 Å². The quantitative estimate of drug-likeness (QED) is 0.0692. The van der Waals surface area contributed by atoms with Gasteiger partial charge in [0.1, 0.15) is 0 Å². The molecule has 1 spiro atoms. The van der Waals surface area contributed by atoms with Crippen LogP contribution in [0.2, 0.25) is 0 Å². The summed E-state index contributed by atoms with van der Waals surface area (Å²) in [5, 5.41) is 15.1. The Hall–Kier alpha value is -3.11. The van der Waals surface area contributed by atoms with Crippen LogP contribution in [0.15, 0.2) is 72.6 Å². The topological polar surface area (TPSA) is 41.2 Å². The molecule has 56 heavy (non-hydrogen) atoms. The third-order valence-corrected chi connectivity index (χ3v) is 14.7. The summed E-state index contributed by atoms with van der Waals surface area (Å²) in [6.07, 6.45) is 19.9. The van der Waals surface area contributed by atoms with Crippen molar-refractivity contribution >= 4 is 48.1 Å². The number of nitrogens with zero attached hydrogens (tertiary/aromatic N) is 1. The molecule has 2 aliphatic rings. The molecule has 0 atom stereocenters. The van der Waals surface area contributed by atoms with Crippen molar-refractivity contribution in [3.8, 4) is 11.3 Å². The summed E-state index contributed by atoms with van der Waals surface area (Å²) in [4.78, 5) is 11.7. The number of pyridine rings is 1. The van der Waals surface area contributed by atoms with Crippen LogP contribution in [0.5, 0.6) is 0 Å². The molecule has 2 fully saturated rings. The van der Waals surface area contributed by atoms with Gasteiger partial charge in [0.2, 0.25) is 0 Å². The van der Waals surface area contributed by atoms with Gasteiger partial charge in [0.15, 0.2) is 5.78 Å². The zero-order valence-electron chi connectivity index (χ0n) is 35.2. The number of hydrogen-bond acceptors (Lipinski definition) is 3. The molecule has 0 amide bonds. The first-order valence-electron chi connectivity index (χ1n) is 21.4. The maximum Gasteiger partial charge on any atom is 0.162 e. The second-order valence-corrected chi connectivity index (χ2v) is 18.8. The van der Waals surface area contributed by atoms with Crippen LogP contribution in [0.25, 0.3) is 42.2 Å². The Labute approximate surface area is 355 Å². The average molecular weight is 949 g/mol. The summed E-state index contributed by atoms with van der Waals surface area (Å²) in [6.45, 7) is 19.7. The van der Waals surface area contributed by atoms with E-state index in [0.29, 0.717) is 11.3 Å². The van der Waals surface area contributed by atoms with Gasteiger partial charge in [0, 0.05) is 54.5 Å². The van der Waals surface area contributed by atoms with Crippen molar-refractivity contribution in [1.82, 2.24) is 0 Å². The standard InChI is InChI=1S/C38H42NS.C13H24O2.Ir/c1-25-27-12-7-8-13-29(27)33(37(2,3)4)24-32(25)34-36-31(18-23-39(34)5)30-15-11-14-28(35(30)40-36)26-16-21-38(22-17-26)19-9-6-10-20-38;1-5-10(6-2)12(14)9-13(15)11(7-3)8-4;/h7-8,11-15,18,23-24,26H,1,5-6,9-10,16-17,19-22H2,2-4H3;9-11,14H,5-8H2,1-4H3;/q-1;;/b;12-9-;. The van der Waals surface area contributed by atoms with Crippen LogP contribution in [0, 0.1) is 31.2 Å². The van der Waals surface area contributed by atoms with E-state index in [-0.39, 0.29) is 48.9 Å². The summed E-state index contributed by atoms with van der Waals surface area (Å²) in [5.41, 5.74) is 7.10. The fourth-order valence-electron chi connectivity index (χ4n) is 9.86. The average Bonchev–Trinajstić information content (AvgIpc) is 3.56. The van der Waals surface area contributed by atoms with Crippen molar-refractivity contribution in [2.45, 2.75) is 143 Å². The SMILES string of the molecule is CCC(CC)C(=O)/C=C(\O)C(CC)CC.[CH2-]c1c(-c2c3sc4c(C5CCC6(CCCCC6)CC5)cccc4c3cc[n+]2[CH2-])cc(C(C)(C)C)c2ccccc12.[Ir]. The number of aliphatic hydroxyl groups is 1. The van der Waals surface area contributed by atoms with Crippen LogP contribution < -0.4 is 4.57 Å². The van der Waals surface area contributed by atoms with Gasteiger partial charge >= 0.3 is 0 Å². The van der Waals surface area contributed by atoms with Crippen molar-refractivity contribution in [2.75, 3.05) is 0 Å². The number of aromatic nitrogens is 1. The summed E-state index contributed by atoms with van der Waals surface area (Å²) < 4.78 is 4.90. The van der Waals surface area contributed by atoms with E-state index in [4.69, 9.17) is 0 Å². The summed E-state index contributed by atoms with van der Waals surface area (Å²) >= 11 is 1.98. The molecule has 0 aliphatic heterocycles. The number of carbonyl (C=O) groups excluding carboxylic acids is 1. The van der Waals surface area contributed by atoms with E-state index in [1.165, 1.54) is 112 Å². The van der Waals surface area contributed by atoms with Gasteiger partial charge in [0.05, 0.1) is 17.6 Å². The van der Waals surface area contributed by atoms with Gasteiger partial charge < -0.3 is 9.67 Å². The minimum atomic E-state index is 0. The number of hydrogen-bond donors (Lipinski definition) is 1. The van der Waals surface area contributed by atoms with Gasteiger partial charge in [-0.25, -0.2) is 0 Å². The Kier molecular flexibility index (Phi) is 14.7. The molecule has 2 aliphatic carbocycles. The van der Waals surface area contributed by atoms with Crippen molar-refractivity contribution in [3.05, 3.63) is 103 Å². The molecule has 1 N–H and O–H groups in total. The second kappa shape index (κ2) is 18.6. The minimum absolute atomic E-state index is 0. The molecular formula is C51H66IrNO2S-. The molecule has 303 valence electrons. The predicted molar refractivity (Wildman–Crippen MR) is 237 cm³/mol. The Balaban J connectivity index is 0.000000322. The Morgan fingerprint density at radius 3 is 2.04 bits per heavy atom. The monoisotopic (exact) mass is 949 g/mol. The van der Waals surface area contributed by atoms with E-state index in [1.54, 1.807) is 5.56 Å². The number of aliphatic hydroxyl groups excluding tert-OH is 1. The van der Waals surface area contributed by atoms with E-state index in [2.05, 4.69) is 100 Å². The van der Waals surface area contributed by atoms with E-state index in [0.717, 1.165) is 31.2 Å². The van der Waals surface area contributed by atoms with Crippen LogP contribution in [-0.2, 0) is 30.3 Å². The first-order valence-corrected chi connectivity index (χ1v) is 22.2. The number of thiophene rings is 1. The number of allylic oxidation sites excluding steroid dienone is 2. The number of benzene rings is 3. The van der Waals surface area contributed by atoms with Crippen LogP contribution in [-0.4, -0.2) is 10.9 Å². The molecule has 2 heterocycles. The van der Waals surface area contributed by atoms with Gasteiger partial charge in [-0.3, -0.25) is 4.79 Å². The molecule has 0 saturated heterocycles. The van der Waals surface area contributed by atoms with Gasteiger partial charge in [-0.15, -0.1) is 34.4 Å². The zero-order valence-corrected chi connectivity index (χ0v) is 38.4. The molecule has 2 saturated carbocycles. The van der Waals surface area contributed by atoms with Gasteiger partial charge in [-0.05, 0) is 103 Å². The van der Waals surface area contributed by atoms with E-state index in [1.807, 2.05) is 39.0 Å². The molecule has 3 aromatic carbocycles. The third-order valence-electron chi connectivity index (χ3n) is 13.4. The van der Waals surface area contributed by atoms with Crippen molar-refractivity contribution < 1.29 is 34.6 Å². The minimum Gasteiger partial charge on any atom is -0.512 e. The van der Waals surface area contributed by atoms with E-state index >= 15 is 0 Å². The Bertz CT molecular complexity index is 2150. The van der Waals surface area contributed by atoms with E-state index in [9.17, 15) is 9.90 Å². The normalized spacial score (nSPS) is 16.4. The maximum atomic E-state index is 11.7. The van der Waals surface area contributed by atoms with Crippen molar-refractivity contribution in [3.63, 3.8) is 0 Å². The molecule has 5 heteroatoms. The number of fused-ring (bicyclic) bond motifs is 4.